The molecule has 0 saturated heterocycles. The Morgan fingerprint density at radius 3 is 1.09 bits per heavy atom. The van der Waals surface area contributed by atoms with Gasteiger partial charge in [0.2, 0.25) is 0 Å². The third kappa shape index (κ3) is 24.4. The van der Waals surface area contributed by atoms with Crippen LogP contribution in [-0.4, -0.2) is 28.4 Å². The first-order valence-corrected chi connectivity index (χ1v) is 9.99. The summed E-state index contributed by atoms with van der Waals surface area (Å²) in [5.74, 6) is -0.652. The molecule has 0 saturated carbocycles. The molecule has 23 heavy (non-hydrogen) atoms. The zero-order valence-corrected chi connectivity index (χ0v) is 16.8. The summed E-state index contributed by atoms with van der Waals surface area (Å²) < 4.78 is 0. The highest BCUT2D eigenvalue weighted by molar-refractivity contribution is 5.75. The summed E-state index contributed by atoms with van der Waals surface area (Å²) in [5, 5.41) is 8.54. The van der Waals surface area contributed by atoms with Crippen molar-refractivity contribution >= 4 is 23.3 Å². The summed E-state index contributed by atoms with van der Waals surface area (Å²) in [6.45, 7) is 2.28. The van der Waals surface area contributed by atoms with Crippen molar-refractivity contribution < 1.29 is 9.90 Å². The number of carboxylic acids is 1. The van der Waals surface area contributed by atoms with Gasteiger partial charge in [-0.05, 0) is 6.42 Å². The van der Waals surface area contributed by atoms with Crippen molar-refractivity contribution in [2.24, 2.45) is 0 Å². The number of hydrogen-bond acceptors (Lipinski definition) is 1. The molecular weight excluding hydrogens is 299 g/mol. The summed E-state index contributed by atoms with van der Waals surface area (Å²) in [6.07, 6.45) is 23.1. The lowest BCUT2D eigenvalue weighted by Gasteiger charge is -2.03. The lowest BCUT2D eigenvalue weighted by molar-refractivity contribution is -0.137. The van der Waals surface area contributed by atoms with Crippen LogP contribution < -0.4 is 0 Å². The molecule has 0 fully saturated rings. The first-order valence-electron chi connectivity index (χ1n) is 9.99. The third-order valence-corrected chi connectivity index (χ3v) is 4.49. The molecule has 0 rings (SSSR count). The van der Waals surface area contributed by atoms with E-state index in [1.165, 1.54) is 96.3 Å². The maximum Gasteiger partial charge on any atom is 0.303 e. The predicted molar refractivity (Wildman–Crippen MR) is 102 cm³/mol. The molecule has 1 N–H and O–H groups in total. The van der Waals surface area contributed by atoms with Crippen molar-refractivity contribution in [3.8, 4) is 0 Å². The van der Waals surface area contributed by atoms with Gasteiger partial charge in [0.05, 0.1) is 0 Å². The van der Waals surface area contributed by atoms with E-state index in [-0.39, 0.29) is 17.4 Å². The largest absolute Gasteiger partial charge is 0.481 e. The van der Waals surface area contributed by atoms with E-state index in [9.17, 15) is 4.79 Å². The van der Waals surface area contributed by atoms with Crippen LogP contribution in [0.5, 0.6) is 0 Å². The number of hydrogen-bond donors (Lipinski definition) is 1. The minimum atomic E-state index is -0.652. The van der Waals surface area contributed by atoms with Crippen molar-refractivity contribution in [2.45, 2.75) is 122 Å². The topological polar surface area (TPSA) is 37.3 Å². The fourth-order valence-corrected chi connectivity index (χ4v) is 3.00. The molecule has 0 aromatic rings. The first-order chi connectivity index (χ1) is 10.8. The molecule has 135 valence electrons. The molecule has 0 amide bonds. The van der Waals surface area contributed by atoms with Crippen molar-refractivity contribution in [2.75, 3.05) is 0 Å². The van der Waals surface area contributed by atoms with Crippen LogP contribution in [0.3, 0.4) is 0 Å². The van der Waals surface area contributed by atoms with Gasteiger partial charge in [0.15, 0.2) is 0 Å². The van der Waals surface area contributed by atoms with Crippen LogP contribution >= 0.6 is 0 Å². The van der Waals surface area contributed by atoms with Crippen molar-refractivity contribution in [3.63, 3.8) is 0 Å². The van der Waals surface area contributed by atoms with Gasteiger partial charge in [-0.3, -0.25) is 4.79 Å². The SMILES string of the molecule is CCCCCCCCCCCCCCCCCCCC(=O)O.[Al]. The molecular formula is C20H40AlO2. The van der Waals surface area contributed by atoms with Crippen LogP contribution in [0.4, 0.5) is 0 Å². The molecule has 0 aliphatic carbocycles. The summed E-state index contributed by atoms with van der Waals surface area (Å²) >= 11 is 0. The molecule has 0 bridgehead atoms. The maximum atomic E-state index is 10.4. The third-order valence-electron chi connectivity index (χ3n) is 4.49. The molecule has 0 atom stereocenters. The minimum Gasteiger partial charge on any atom is -0.481 e. The molecule has 0 spiro atoms. The number of carbonyl (C=O) groups is 1. The highest BCUT2D eigenvalue weighted by Crippen LogP contribution is 2.14. The monoisotopic (exact) mass is 339 g/mol. The highest BCUT2D eigenvalue weighted by atomic mass is 27.0. The van der Waals surface area contributed by atoms with Gasteiger partial charge >= 0.3 is 5.97 Å². The van der Waals surface area contributed by atoms with Gasteiger partial charge < -0.3 is 5.11 Å². The Balaban J connectivity index is 0. The molecule has 0 heterocycles. The fourth-order valence-electron chi connectivity index (χ4n) is 3.00. The Labute approximate surface area is 156 Å². The molecule has 3 radical (unpaired) electrons. The normalized spacial score (nSPS) is 10.5. The van der Waals surface area contributed by atoms with Crippen molar-refractivity contribution in [1.82, 2.24) is 0 Å². The van der Waals surface area contributed by atoms with Gasteiger partial charge in [-0.25, -0.2) is 0 Å². The molecule has 2 nitrogen and oxygen atoms in total. The molecule has 0 aliphatic rings. The molecule has 0 unspecified atom stereocenters. The number of rotatable bonds is 18. The van der Waals surface area contributed by atoms with Crippen LogP contribution in [0, 0.1) is 0 Å². The zero-order chi connectivity index (χ0) is 16.3. The van der Waals surface area contributed by atoms with Crippen LogP contribution in [0.15, 0.2) is 0 Å². The van der Waals surface area contributed by atoms with Crippen LogP contribution in [0.1, 0.15) is 122 Å². The van der Waals surface area contributed by atoms with Crippen molar-refractivity contribution in [1.29, 1.82) is 0 Å². The average molecular weight is 340 g/mol. The van der Waals surface area contributed by atoms with Gasteiger partial charge in [0, 0.05) is 23.8 Å². The average Bonchev–Trinajstić information content (AvgIpc) is 2.50. The molecule has 0 aliphatic heterocycles. The van der Waals surface area contributed by atoms with Crippen molar-refractivity contribution in [3.05, 3.63) is 0 Å². The zero-order valence-electron chi connectivity index (χ0n) is 15.7. The predicted octanol–water partition coefficient (Wildman–Crippen LogP) is 6.73. The summed E-state index contributed by atoms with van der Waals surface area (Å²) in [4.78, 5) is 10.4. The Hall–Kier alpha value is 0.00247. The second-order valence-electron chi connectivity index (χ2n) is 6.80. The Kier molecular flexibility index (Phi) is 24.2. The van der Waals surface area contributed by atoms with Crippen LogP contribution in [0.25, 0.3) is 0 Å². The second kappa shape index (κ2) is 22.0. The maximum absolute atomic E-state index is 10.4. The van der Waals surface area contributed by atoms with E-state index in [1.54, 1.807) is 0 Å². The van der Waals surface area contributed by atoms with E-state index in [1.807, 2.05) is 0 Å². The van der Waals surface area contributed by atoms with Gasteiger partial charge in [-0.2, -0.15) is 0 Å². The quantitative estimate of drug-likeness (QED) is 0.222. The molecule has 3 heteroatoms. The summed E-state index contributed by atoms with van der Waals surface area (Å²) in [7, 11) is 0. The van der Waals surface area contributed by atoms with Gasteiger partial charge in [0.1, 0.15) is 0 Å². The number of carboxylic acid groups (broad SMARTS) is 1. The second-order valence-corrected chi connectivity index (χ2v) is 6.80. The highest BCUT2D eigenvalue weighted by Gasteiger charge is 1.97. The van der Waals surface area contributed by atoms with Gasteiger partial charge in [0.25, 0.3) is 0 Å². The minimum absolute atomic E-state index is 0. The van der Waals surface area contributed by atoms with E-state index in [4.69, 9.17) is 5.11 Å². The Bertz CT molecular complexity index is 232. The smallest absolute Gasteiger partial charge is 0.303 e. The number of unbranched alkanes of at least 4 members (excludes halogenated alkanes) is 16. The summed E-state index contributed by atoms with van der Waals surface area (Å²) in [6, 6.07) is 0. The van der Waals surface area contributed by atoms with Gasteiger partial charge in [-0.15, -0.1) is 0 Å². The van der Waals surface area contributed by atoms with E-state index in [0.29, 0.717) is 6.42 Å². The standard InChI is InChI=1S/C20H40O2.Al/c1-2-3-4-5-6-7-8-9-10-11-12-13-14-15-16-17-18-19-20(21)22;/h2-19H2,1H3,(H,21,22);. The molecule has 0 aromatic carbocycles. The van der Waals surface area contributed by atoms with Crippen LogP contribution in [-0.2, 0) is 4.79 Å². The Morgan fingerprint density at radius 1 is 0.565 bits per heavy atom. The van der Waals surface area contributed by atoms with Crippen LogP contribution in [0.2, 0.25) is 0 Å². The Morgan fingerprint density at radius 2 is 0.826 bits per heavy atom. The molecule has 0 aromatic heterocycles. The number of aliphatic carboxylic acids is 1. The van der Waals surface area contributed by atoms with E-state index in [0.717, 1.165) is 12.8 Å². The lowest BCUT2D eigenvalue weighted by Crippen LogP contribution is -1.93. The fraction of sp³-hybridized carbons (Fsp3) is 0.950. The summed E-state index contributed by atoms with van der Waals surface area (Å²) in [5.41, 5.74) is 0. The van der Waals surface area contributed by atoms with Gasteiger partial charge in [-0.1, -0.05) is 110 Å². The van der Waals surface area contributed by atoms with E-state index < -0.39 is 5.97 Å². The van der Waals surface area contributed by atoms with E-state index in [2.05, 4.69) is 6.92 Å². The first kappa shape index (κ1) is 25.2. The lowest BCUT2D eigenvalue weighted by atomic mass is 10.0. The van der Waals surface area contributed by atoms with E-state index >= 15 is 0 Å².